The van der Waals surface area contributed by atoms with Crippen LogP contribution in [0.25, 0.3) is 16.6 Å². The number of ether oxygens (including phenoxy) is 1. The fourth-order valence-electron chi connectivity index (χ4n) is 6.24. The van der Waals surface area contributed by atoms with Crippen molar-refractivity contribution in [2.24, 2.45) is 0 Å². The van der Waals surface area contributed by atoms with Crippen LogP contribution >= 0.6 is 0 Å². The highest BCUT2D eigenvalue weighted by Crippen LogP contribution is 2.37. The average molecular weight is 525 g/mol. The highest BCUT2D eigenvalue weighted by Gasteiger charge is 2.44. The van der Waals surface area contributed by atoms with Crippen molar-refractivity contribution in [2.45, 2.75) is 37.6 Å². The van der Waals surface area contributed by atoms with E-state index in [9.17, 15) is 9.65 Å². The van der Waals surface area contributed by atoms with Crippen LogP contribution in [0.4, 0.5) is 15.9 Å². The van der Waals surface area contributed by atoms with Gasteiger partial charge in [-0.05, 0) is 36.6 Å². The van der Waals surface area contributed by atoms with Crippen molar-refractivity contribution >= 4 is 17.0 Å². The number of fused-ring (bicyclic) bond motifs is 3. The number of nitrogens with zero attached hydrogens (tertiary/aromatic N) is 8. The summed E-state index contributed by atoms with van der Waals surface area (Å²) < 4.78 is 20.8. The molecular formula is C29H29FN8O. The zero-order valence-electron chi connectivity index (χ0n) is 21.7. The topological polar surface area (TPSA) is 85.8 Å². The number of anilines is 2. The number of rotatable bonds is 6. The lowest BCUT2D eigenvalue weighted by Crippen LogP contribution is -2.68. The molecule has 0 N–H and O–H groups in total. The summed E-state index contributed by atoms with van der Waals surface area (Å²) in [6.45, 7) is 3.81. The molecular weight excluding hydrogens is 495 g/mol. The molecule has 8 heterocycles. The summed E-state index contributed by atoms with van der Waals surface area (Å²) in [5.41, 5.74) is 5.14. The minimum atomic E-state index is -0.822. The zero-order chi connectivity index (χ0) is 26.5. The first-order chi connectivity index (χ1) is 19.1. The Kier molecular flexibility index (Phi) is 5.81. The van der Waals surface area contributed by atoms with E-state index in [1.165, 1.54) is 12.0 Å². The Balaban J connectivity index is 1.10. The largest absolute Gasteiger partial charge is 0.481 e. The van der Waals surface area contributed by atoms with Crippen LogP contribution in [0.5, 0.6) is 5.88 Å². The Hall–Kier alpha value is -4.23. The van der Waals surface area contributed by atoms with E-state index in [0.29, 0.717) is 43.0 Å². The molecule has 2 bridgehead atoms. The van der Waals surface area contributed by atoms with Gasteiger partial charge in [0.2, 0.25) is 5.88 Å². The third-order valence-electron chi connectivity index (χ3n) is 8.31. The Morgan fingerprint density at radius 2 is 1.92 bits per heavy atom. The lowest BCUT2D eigenvalue weighted by molar-refractivity contribution is -0.00876. The van der Waals surface area contributed by atoms with Crippen LogP contribution in [-0.4, -0.2) is 76.0 Å². The minimum Gasteiger partial charge on any atom is -0.481 e. The molecule has 2 unspecified atom stereocenters. The number of piperidine rings is 1. The molecule has 39 heavy (non-hydrogen) atoms. The fraction of sp³-hybridized carbons (Fsp3) is 0.379. The molecule has 198 valence electrons. The first-order valence-electron chi connectivity index (χ1n) is 13.4. The third kappa shape index (κ3) is 4.23. The van der Waals surface area contributed by atoms with Gasteiger partial charge in [-0.25, -0.2) is 18.9 Å². The SMILES string of the molecule is COc1ccc(CN2C3CC2CN(c2ccc(-c4cc(N5CC[C@H](F)C5)cn5ncc(C#N)c45)cn2)C3)cn1. The smallest absolute Gasteiger partial charge is 0.212 e. The molecule has 10 heteroatoms. The van der Waals surface area contributed by atoms with Gasteiger partial charge >= 0.3 is 0 Å². The number of nitriles is 1. The first kappa shape index (κ1) is 23.9. The van der Waals surface area contributed by atoms with E-state index in [1.54, 1.807) is 17.8 Å². The maximum atomic E-state index is 13.9. The quantitative estimate of drug-likeness (QED) is 0.378. The molecule has 4 aromatic heterocycles. The Labute approximate surface area is 226 Å². The molecule has 0 amide bonds. The number of halogens is 1. The number of piperazine rings is 1. The Bertz CT molecular complexity index is 1530. The van der Waals surface area contributed by atoms with E-state index in [2.05, 4.69) is 44.2 Å². The second-order valence-electron chi connectivity index (χ2n) is 10.6. The summed E-state index contributed by atoms with van der Waals surface area (Å²) >= 11 is 0. The molecule has 4 aliphatic rings. The van der Waals surface area contributed by atoms with Gasteiger partial charge in [0.15, 0.2) is 0 Å². The van der Waals surface area contributed by atoms with Crippen molar-refractivity contribution in [1.82, 2.24) is 24.5 Å². The van der Waals surface area contributed by atoms with Crippen LogP contribution in [0.3, 0.4) is 0 Å². The van der Waals surface area contributed by atoms with Gasteiger partial charge in [0.1, 0.15) is 18.1 Å². The van der Waals surface area contributed by atoms with Crippen molar-refractivity contribution in [3.8, 4) is 23.1 Å². The summed E-state index contributed by atoms with van der Waals surface area (Å²) in [5, 5.41) is 14.1. The van der Waals surface area contributed by atoms with Crippen LogP contribution in [0.1, 0.15) is 24.0 Å². The Morgan fingerprint density at radius 1 is 1.05 bits per heavy atom. The van der Waals surface area contributed by atoms with E-state index < -0.39 is 6.17 Å². The standard InChI is InChI=1S/C29H29FN8O/c1-39-28-5-2-19(11-33-28)14-37-24-8-25(37)17-36(16-24)27-4-3-20(12-32-27)26-9-23(35-7-6-22(30)15-35)18-38-29(26)21(10-31)13-34-38/h2-5,9,11-13,18,22,24-25H,6-8,14-17H2,1H3/t22-,24?,25?/m0/s1. The van der Waals surface area contributed by atoms with Gasteiger partial charge in [0.05, 0.1) is 36.3 Å². The Morgan fingerprint density at radius 3 is 2.59 bits per heavy atom. The molecule has 0 aliphatic carbocycles. The molecule has 0 saturated carbocycles. The number of pyridine rings is 3. The second kappa shape index (κ2) is 9.50. The lowest BCUT2D eigenvalue weighted by Gasteiger charge is -2.56. The van der Waals surface area contributed by atoms with Crippen LogP contribution in [0.2, 0.25) is 0 Å². The number of alkyl halides is 1. The maximum Gasteiger partial charge on any atom is 0.212 e. The summed E-state index contributed by atoms with van der Waals surface area (Å²) in [6.07, 6.45) is 8.15. The average Bonchev–Trinajstić information content (AvgIpc) is 3.62. The first-order valence-corrected chi connectivity index (χ1v) is 13.4. The molecule has 3 atom stereocenters. The predicted molar refractivity (Wildman–Crippen MR) is 146 cm³/mol. The minimum absolute atomic E-state index is 0.373. The maximum absolute atomic E-state index is 13.9. The van der Waals surface area contributed by atoms with Crippen molar-refractivity contribution in [3.05, 3.63) is 66.2 Å². The summed E-state index contributed by atoms with van der Waals surface area (Å²) in [6, 6.07) is 13.4. The molecule has 0 spiro atoms. The summed E-state index contributed by atoms with van der Waals surface area (Å²) in [4.78, 5) is 16.1. The lowest BCUT2D eigenvalue weighted by atomic mass is 9.87. The third-order valence-corrected chi connectivity index (χ3v) is 8.31. The van der Waals surface area contributed by atoms with Crippen molar-refractivity contribution in [3.63, 3.8) is 0 Å². The zero-order valence-corrected chi connectivity index (χ0v) is 21.7. The van der Waals surface area contributed by atoms with Gasteiger partial charge in [-0.1, -0.05) is 6.07 Å². The van der Waals surface area contributed by atoms with Crippen molar-refractivity contribution in [1.29, 1.82) is 5.26 Å². The fourth-order valence-corrected chi connectivity index (χ4v) is 6.24. The van der Waals surface area contributed by atoms with Gasteiger partial charge in [-0.3, -0.25) is 4.90 Å². The van der Waals surface area contributed by atoms with Crippen LogP contribution in [0, 0.1) is 11.3 Å². The van der Waals surface area contributed by atoms with E-state index in [0.717, 1.165) is 47.8 Å². The van der Waals surface area contributed by atoms with E-state index in [-0.39, 0.29) is 0 Å². The highest BCUT2D eigenvalue weighted by atomic mass is 19.1. The van der Waals surface area contributed by atoms with Crippen LogP contribution in [0.15, 0.2) is 55.1 Å². The monoisotopic (exact) mass is 524 g/mol. The molecule has 0 aromatic carbocycles. The molecule has 4 aromatic rings. The van der Waals surface area contributed by atoms with E-state index >= 15 is 0 Å². The van der Waals surface area contributed by atoms with Crippen molar-refractivity contribution in [2.75, 3.05) is 43.1 Å². The van der Waals surface area contributed by atoms with Gasteiger partial charge in [0.25, 0.3) is 0 Å². The molecule has 0 radical (unpaired) electrons. The van der Waals surface area contributed by atoms with Gasteiger partial charge in [0, 0.05) is 74.4 Å². The number of hydrogen-bond acceptors (Lipinski definition) is 8. The van der Waals surface area contributed by atoms with Crippen molar-refractivity contribution < 1.29 is 9.13 Å². The molecule has 4 aliphatic heterocycles. The number of hydrogen-bond donors (Lipinski definition) is 0. The molecule has 8 rings (SSSR count). The van der Waals surface area contributed by atoms with Crippen LogP contribution in [-0.2, 0) is 6.54 Å². The molecule has 9 nitrogen and oxygen atoms in total. The van der Waals surface area contributed by atoms with E-state index in [1.807, 2.05) is 35.6 Å². The number of methoxy groups -OCH3 is 1. The van der Waals surface area contributed by atoms with Gasteiger partial charge < -0.3 is 14.5 Å². The van der Waals surface area contributed by atoms with Crippen LogP contribution < -0.4 is 14.5 Å². The molecule has 4 saturated heterocycles. The number of aromatic nitrogens is 4. The highest BCUT2D eigenvalue weighted by molar-refractivity contribution is 5.86. The predicted octanol–water partition coefficient (Wildman–Crippen LogP) is 3.68. The van der Waals surface area contributed by atoms with Gasteiger partial charge in [-0.2, -0.15) is 10.4 Å². The van der Waals surface area contributed by atoms with E-state index in [4.69, 9.17) is 9.72 Å². The second-order valence-corrected chi connectivity index (χ2v) is 10.6. The normalized spacial score (nSPS) is 22.6. The summed E-state index contributed by atoms with van der Waals surface area (Å²) in [7, 11) is 1.63. The summed E-state index contributed by atoms with van der Waals surface area (Å²) in [5.74, 6) is 1.59. The molecule has 4 fully saturated rings. The van der Waals surface area contributed by atoms with Gasteiger partial charge in [-0.15, -0.1) is 0 Å².